The average Bonchev–Trinajstić information content (AvgIpc) is 3.16. The fourth-order valence-electron chi connectivity index (χ4n) is 3.09. The molecule has 0 atom stereocenters. The molecule has 0 unspecified atom stereocenters. The van der Waals surface area contributed by atoms with Gasteiger partial charge in [0.2, 0.25) is 0 Å². The van der Waals surface area contributed by atoms with E-state index in [0.29, 0.717) is 30.1 Å². The number of hydrogen-bond acceptors (Lipinski definition) is 4. The van der Waals surface area contributed by atoms with Crippen LogP contribution in [0, 0.1) is 12.3 Å². The van der Waals surface area contributed by atoms with E-state index in [0.717, 1.165) is 0 Å². The van der Waals surface area contributed by atoms with E-state index in [-0.39, 0.29) is 22.7 Å². The smallest absolute Gasteiger partial charge is 0.279 e. The first kappa shape index (κ1) is 24.3. The SMILES string of the molecule is C#CCn1c(=NC(=O)c2ccc(NS(=O)(=O)c3ccc(Cl)cc3)cc2)sc2c(Cl)ccc(Cl)c21. The third-order valence-electron chi connectivity index (χ3n) is 4.68. The van der Waals surface area contributed by atoms with E-state index in [2.05, 4.69) is 15.6 Å². The molecule has 0 aliphatic heterocycles. The first-order valence-corrected chi connectivity index (χ1v) is 13.0. The highest BCUT2D eigenvalue weighted by molar-refractivity contribution is 7.92. The molecule has 34 heavy (non-hydrogen) atoms. The first-order chi connectivity index (χ1) is 16.2. The Hall–Kier alpha value is -2.80. The highest BCUT2D eigenvalue weighted by Crippen LogP contribution is 2.32. The molecular weight excluding hydrogens is 537 g/mol. The number of halogens is 3. The number of carbonyl (C=O) groups excluding carboxylic acids is 1. The van der Waals surface area contributed by atoms with Crippen molar-refractivity contribution in [3.8, 4) is 12.3 Å². The van der Waals surface area contributed by atoms with Crippen molar-refractivity contribution in [2.45, 2.75) is 11.4 Å². The summed E-state index contributed by atoms with van der Waals surface area (Å²) in [5.41, 5.74) is 1.15. The van der Waals surface area contributed by atoms with Gasteiger partial charge in [0.05, 0.1) is 31.7 Å². The van der Waals surface area contributed by atoms with Crippen LogP contribution in [0.2, 0.25) is 15.1 Å². The van der Waals surface area contributed by atoms with E-state index in [9.17, 15) is 13.2 Å². The van der Waals surface area contributed by atoms with Gasteiger partial charge in [-0.05, 0) is 60.7 Å². The molecule has 0 aliphatic carbocycles. The maximum absolute atomic E-state index is 12.8. The lowest BCUT2D eigenvalue weighted by Gasteiger charge is -2.08. The normalized spacial score (nSPS) is 12.0. The van der Waals surface area contributed by atoms with Crippen LogP contribution in [0.15, 0.2) is 70.6 Å². The van der Waals surface area contributed by atoms with Gasteiger partial charge in [-0.2, -0.15) is 4.99 Å². The number of rotatable bonds is 5. The van der Waals surface area contributed by atoms with Gasteiger partial charge in [0.25, 0.3) is 15.9 Å². The summed E-state index contributed by atoms with van der Waals surface area (Å²) in [7, 11) is -3.81. The van der Waals surface area contributed by atoms with Crippen molar-refractivity contribution in [1.29, 1.82) is 0 Å². The minimum Gasteiger partial charge on any atom is -0.303 e. The molecule has 0 fully saturated rings. The number of nitrogens with one attached hydrogen (secondary N) is 1. The summed E-state index contributed by atoms with van der Waals surface area (Å²) in [6.07, 6.45) is 5.49. The molecule has 0 spiro atoms. The number of hydrogen-bond donors (Lipinski definition) is 1. The fourth-order valence-corrected chi connectivity index (χ4v) is 5.92. The van der Waals surface area contributed by atoms with Gasteiger partial charge in [-0.25, -0.2) is 8.42 Å². The predicted molar refractivity (Wildman–Crippen MR) is 137 cm³/mol. The number of anilines is 1. The second-order valence-corrected chi connectivity index (χ2v) is 10.8. The zero-order valence-electron chi connectivity index (χ0n) is 17.1. The minimum atomic E-state index is -3.81. The van der Waals surface area contributed by atoms with E-state index >= 15 is 0 Å². The lowest BCUT2D eigenvalue weighted by Crippen LogP contribution is -2.16. The topological polar surface area (TPSA) is 80.5 Å². The van der Waals surface area contributed by atoms with Gasteiger partial charge in [-0.1, -0.05) is 52.1 Å². The molecule has 4 aromatic rings. The summed E-state index contributed by atoms with van der Waals surface area (Å²) in [4.78, 5) is 17.4. The molecule has 6 nitrogen and oxygen atoms in total. The molecule has 3 aromatic carbocycles. The molecule has 0 bridgehead atoms. The van der Waals surface area contributed by atoms with Gasteiger partial charge in [-0.3, -0.25) is 9.52 Å². The van der Waals surface area contributed by atoms with Crippen molar-refractivity contribution in [1.82, 2.24) is 4.57 Å². The van der Waals surface area contributed by atoms with Crippen molar-refractivity contribution in [2.24, 2.45) is 4.99 Å². The van der Waals surface area contributed by atoms with Crippen LogP contribution >= 0.6 is 46.1 Å². The monoisotopic (exact) mass is 549 g/mol. The fraction of sp³-hybridized carbons (Fsp3) is 0.0435. The molecule has 0 radical (unpaired) electrons. The molecule has 1 amide bonds. The molecule has 0 aliphatic rings. The Morgan fingerprint density at radius 3 is 2.29 bits per heavy atom. The Balaban J connectivity index is 1.64. The van der Waals surface area contributed by atoms with Crippen LogP contribution in [0.1, 0.15) is 10.4 Å². The maximum atomic E-state index is 12.8. The summed E-state index contributed by atoms with van der Waals surface area (Å²) >= 11 is 19.6. The third kappa shape index (κ3) is 4.99. The summed E-state index contributed by atoms with van der Waals surface area (Å²) in [6, 6.07) is 15.0. The molecule has 1 N–H and O–H groups in total. The van der Waals surface area contributed by atoms with Crippen molar-refractivity contribution in [2.75, 3.05) is 4.72 Å². The van der Waals surface area contributed by atoms with E-state index < -0.39 is 15.9 Å². The van der Waals surface area contributed by atoms with Gasteiger partial charge < -0.3 is 4.57 Å². The second kappa shape index (κ2) is 9.82. The molecule has 11 heteroatoms. The van der Waals surface area contributed by atoms with Gasteiger partial charge in [0, 0.05) is 16.3 Å². The van der Waals surface area contributed by atoms with Gasteiger partial charge >= 0.3 is 0 Å². The lowest BCUT2D eigenvalue weighted by molar-refractivity contribution is 0.0998. The molecule has 0 saturated carbocycles. The molecule has 1 heterocycles. The number of sulfonamides is 1. The molecule has 172 valence electrons. The van der Waals surface area contributed by atoms with Crippen LogP contribution < -0.4 is 9.52 Å². The van der Waals surface area contributed by atoms with E-state index in [4.69, 9.17) is 41.2 Å². The largest absolute Gasteiger partial charge is 0.303 e. The number of carbonyl (C=O) groups is 1. The Morgan fingerprint density at radius 1 is 1.00 bits per heavy atom. The van der Waals surface area contributed by atoms with Crippen molar-refractivity contribution < 1.29 is 13.2 Å². The maximum Gasteiger partial charge on any atom is 0.279 e. The van der Waals surface area contributed by atoms with E-state index in [1.165, 1.54) is 59.9 Å². The van der Waals surface area contributed by atoms with E-state index in [1.807, 2.05) is 0 Å². The van der Waals surface area contributed by atoms with Crippen LogP contribution in [-0.4, -0.2) is 18.9 Å². The quantitative estimate of drug-likeness (QED) is 0.317. The standard InChI is InChI=1S/C23H14Cl3N3O3S2/c1-2-13-29-20-18(25)11-12-19(26)21(20)33-23(29)27-22(30)14-3-7-16(8-4-14)28-34(31,32)17-9-5-15(24)6-10-17/h1,3-12,28H,13H2. The predicted octanol–water partition coefficient (Wildman–Crippen LogP) is 5.84. The van der Waals surface area contributed by atoms with E-state index in [1.54, 1.807) is 16.7 Å². The Bertz CT molecular complexity index is 1620. The van der Waals surface area contributed by atoms with Crippen LogP contribution in [0.5, 0.6) is 0 Å². The second-order valence-electron chi connectivity index (χ2n) is 6.94. The van der Waals surface area contributed by atoms with Crippen molar-refractivity contribution in [3.05, 3.63) is 86.1 Å². The summed E-state index contributed by atoms with van der Waals surface area (Å²) < 4.78 is 29.8. The summed E-state index contributed by atoms with van der Waals surface area (Å²) in [5.74, 6) is 2.00. The highest BCUT2D eigenvalue weighted by atomic mass is 35.5. The number of terminal acetylenes is 1. The molecule has 0 saturated heterocycles. The minimum absolute atomic E-state index is 0.0622. The van der Waals surface area contributed by atoms with Crippen LogP contribution in [-0.2, 0) is 16.6 Å². The molecule has 1 aromatic heterocycles. The average molecular weight is 551 g/mol. The zero-order valence-corrected chi connectivity index (χ0v) is 21.0. The van der Waals surface area contributed by atoms with Crippen molar-refractivity contribution in [3.63, 3.8) is 0 Å². The lowest BCUT2D eigenvalue weighted by atomic mass is 10.2. The van der Waals surface area contributed by atoms with Gasteiger partial charge in [0.15, 0.2) is 4.80 Å². The molecular formula is C23H14Cl3N3O3S2. The Kier molecular flexibility index (Phi) is 7.03. The third-order valence-corrected chi connectivity index (χ3v) is 8.18. The van der Waals surface area contributed by atoms with Crippen molar-refractivity contribution >= 4 is 78.0 Å². The van der Waals surface area contributed by atoms with Crippen LogP contribution in [0.4, 0.5) is 5.69 Å². The zero-order chi connectivity index (χ0) is 24.5. The number of amides is 1. The summed E-state index contributed by atoms with van der Waals surface area (Å²) in [5, 5.41) is 1.34. The molecule has 4 rings (SSSR count). The number of nitrogens with zero attached hydrogens (tertiary/aromatic N) is 2. The summed E-state index contributed by atoms with van der Waals surface area (Å²) in [6.45, 7) is 0.150. The van der Waals surface area contributed by atoms with Gasteiger partial charge in [0.1, 0.15) is 0 Å². The van der Waals surface area contributed by atoms with Gasteiger partial charge in [-0.15, -0.1) is 6.42 Å². The number of aromatic nitrogens is 1. The van der Waals surface area contributed by atoms with Crippen LogP contribution in [0.25, 0.3) is 10.2 Å². The number of fused-ring (bicyclic) bond motifs is 1. The number of thiazole rings is 1. The Labute approximate surface area is 214 Å². The highest BCUT2D eigenvalue weighted by Gasteiger charge is 2.16. The Morgan fingerprint density at radius 2 is 1.65 bits per heavy atom. The first-order valence-electron chi connectivity index (χ1n) is 9.58. The van der Waals surface area contributed by atoms with Crippen LogP contribution in [0.3, 0.4) is 0 Å². The number of benzene rings is 3.